The predicted octanol–water partition coefficient (Wildman–Crippen LogP) is 5.65. The summed E-state index contributed by atoms with van der Waals surface area (Å²) in [5.41, 5.74) is 3.31. The Hall–Kier alpha value is -2.77. The number of nitrogens with one attached hydrogen (secondary N) is 1. The molecule has 0 aliphatic heterocycles. The summed E-state index contributed by atoms with van der Waals surface area (Å²) in [4.78, 5) is 13.8. The molecular formula is C23H23N3O2S2. The van der Waals surface area contributed by atoms with Gasteiger partial charge < -0.3 is 9.73 Å². The molecule has 1 unspecified atom stereocenters. The van der Waals surface area contributed by atoms with E-state index in [0.717, 1.165) is 28.8 Å². The van der Waals surface area contributed by atoms with Crippen molar-refractivity contribution >= 4 is 28.6 Å². The molecule has 154 valence electrons. The maximum Gasteiger partial charge on any atom is 0.248 e. The van der Waals surface area contributed by atoms with Gasteiger partial charge in [0, 0.05) is 28.7 Å². The van der Waals surface area contributed by atoms with Crippen LogP contribution in [0.5, 0.6) is 0 Å². The van der Waals surface area contributed by atoms with Crippen LogP contribution in [0.3, 0.4) is 0 Å². The van der Waals surface area contributed by atoms with Crippen LogP contribution < -0.4 is 5.32 Å². The lowest BCUT2D eigenvalue weighted by atomic mass is 10.0. The number of aromatic nitrogens is 2. The van der Waals surface area contributed by atoms with Crippen molar-refractivity contribution in [3.8, 4) is 11.5 Å². The maximum absolute atomic E-state index is 12.7. The van der Waals surface area contributed by atoms with Gasteiger partial charge in [-0.2, -0.15) is 11.3 Å². The molecule has 30 heavy (non-hydrogen) atoms. The van der Waals surface area contributed by atoms with Gasteiger partial charge in [-0.1, -0.05) is 43.7 Å². The van der Waals surface area contributed by atoms with E-state index in [1.807, 2.05) is 28.3 Å². The number of nitrogens with zero attached hydrogens (tertiary/aromatic N) is 2. The standard InChI is InChI=1S/C23H23N3O2S2/c1-2-4-16-6-8-17(9-7-16)22(19-5-3-13-30-19)24-20(27)10-11-21-25-26-23(28-21)18-12-14-29-15-18/h3,5-9,12-15,22H,2,4,10-11H2,1H3,(H,24,27). The third-order valence-corrected chi connectivity index (χ3v) is 6.41. The highest BCUT2D eigenvalue weighted by molar-refractivity contribution is 7.10. The largest absolute Gasteiger partial charge is 0.421 e. The molecule has 1 N–H and O–H groups in total. The molecule has 4 aromatic rings. The Labute approximate surface area is 183 Å². The monoisotopic (exact) mass is 437 g/mol. The fourth-order valence-electron chi connectivity index (χ4n) is 3.25. The van der Waals surface area contributed by atoms with Crippen LogP contribution in [-0.2, 0) is 17.6 Å². The lowest BCUT2D eigenvalue weighted by Gasteiger charge is -2.18. The smallest absolute Gasteiger partial charge is 0.248 e. The molecule has 1 amide bonds. The van der Waals surface area contributed by atoms with Gasteiger partial charge in [0.15, 0.2) is 0 Å². The van der Waals surface area contributed by atoms with Gasteiger partial charge in [0.25, 0.3) is 0 Å². The van der Waals surface area contributed by atoms with Gasteiger partial charge in [0.1, 0.15) is 0 Å². The molecule has 0 saturated heterocycles. The van der Waals surface area contributed by atoms with E-state index in [9.17, 15) is 4.79 Å². The Bertz CT molecular complexity index is 1050. The summed E-state index contributed by atoms with van der Waals surface area (Å²) in [6.45, 7) is 2.18. The van der Waals surface area contributed by atoms with Crippen molar-refractivity contribution in [2.75, 3.05) is 0 Å². The molecule has 0 aliphatic carbocycles. The summed E-state index contributed by atoms with van der Waals surface area (Å²) in [5.74, 6) is 0.930. The Morgan fingerprint density at radius 1 is 1.10 bits per heavy atom. The maximum atomic E-state index is 12.7. The van der Waals surface area contributed by atoms with Crippen molar-refractivity contribution < 1.29 is 9.21 Å². The highest BCUT2D eigenvalue weighted by Crippen LogP contribution is 2.27. The van der Waals surface area contributed by atoms with E-state index in [0.29, 0.717) is 24.6 Å². The van der Waals surface area contributed by atoms with Crippen molar-refractivity contribution in [2.45, 2.75) is 38.6 Å². The molecule has 0 fully saturated rings. The summed E-state index contributed by atoms with van der Waals surface area (Å²) in [6.07, 6.45) is 2.89. The first-order valence-corrected chi connectivity index (χ1v) is 11.8. The van der Waals surface area contributed by atoms with Crippen LogP contribution in [0.15, 0.2) is 63.0 Å². The molecule has 1 aromatic carbocycles. The molecule has 3 heterocycles. The molecule has 0 saturated carbocycles. The van der Waals surface area contributed by atoms with E-state index in [1.165, 1.54) is 5.56 Å². The molecule has 5 nitrogen and oxygen atoms in total. The topological polar surface area (TPSA) is 68.0 Å². The first-order valence-electron chi connectivity index (χ1n) is 9.99. The normalized spacial score (nSPS) is 12.0. The second-order valence-corrected chi connectivity index (χ2v) is 8.78. The predicted molar refractivity (Wildman–Crippen MR) is 121 cm³/mol. The van der Waals surface area contributed by atoms with Gasteiger partial charge in [-0.15, -0.1) is 21.5 Å². The van der Waals surface area contributed by atoms with Gasteiger partial charge in [0.2, 0.25) is 17.7 Å². The van der Waals surface area contributed by atoms with E-state index < -0.39 is 0 Å². The zero-order valence-corrected chi connectivity index (χ0v) is 18.3. The molecular weight excluding hydrogens is 414 g/mol. The summed E-state index contributed by atoms with van der Waals surface area (Å²) in [7, 11) is 0. The van der Waals surface area contributed by atoms with Gasteiger partial charge >= 0.3 is 0 Å². The first kappa shape index (κ1) is 20.5. The average molecular weight is 438 g/mol. The lowest BCUT2D eigenvalue weighted by Crippen LogP contribution is -2.29. The zero-order valence-electron chi connectivity index (χ0n) is 16.7. The number of thiophene rings is 2. The summed E-state index contributed by atoms with van der Waals surface area (Å²) in [6, 6.07) is 14.4. The zero-order chi connectivity index (χ0) is 20.8. The number of amides is 1. The number of carbonyl (C=O) groups excluding carboxylic acids is 1. The minimum absolute atomic E-state index is 0.0404. The van der Waals surface area contributed by atoms with Gasteiger partial charge in [-0.25, -0.2) is 0 Å². The van der Waals surface area contributed by atoms with Crippen LogP contribution in [-0.4, -0.2) is 16.1 Å². The van der Waals surface area contributed by atoms with E-state index in [-0.39, 0.29) is 11.9 Å². The fraction of sp³-hybridized carbons (Fsp3) is 0.261. The van der Waals surface area contributed by atoms with Crippen molar-refractivity contribution in [1.82, 2.24) is 15.5 Å². The summed E-state index contributed by atoms with van der Waals surface area (Å²) in [5, 5.41) is 17.3. The Morgan fingerprint density at radius 3 is 2.67 bits per heavy atom. The molecule has 0 bridgehead atoms. The van der Waals surface area contributed by atoms with Crippen LogP contribution in [0, 0.1) is 0 Å². The average Bonchev–Trinajstić information content (AvgIpc) is 3.54. The van der Waals surface area contributed by atoms with Crippen LogP contribution in [0.1, 0.15) is 47.7 Å². The van der Waals surface area contributed by atoms with E-state index in [1.54, 1.807) is 22.7 Å². The van der Waals surface area contributed by atoms with Crippen LogP contribution in [0.25, 0.3) is 11.5 Å². The van der Waals surface area contributed by atoms with E-state index in [2.05, 4.69) is 52.8 Å². The van der Waals surface area contributed by atoms with Gasteiger partial charge in [-0.3, -0.25) is 4.79 Å². The number of benzene rings is 1. The van der Waals surface area contributed by atoms with E-state index in [4.69, 9.17) is 4.42 Å². The number of carbonyl (C=O) groups is 1. The van der Waals surface area contributed by atoms with Crippen molar-refractivity contribution in [3.63, 3.8) is 0 Å². The van der Waals surface area contributed by atoms with Crippen molar-refractivity contribution in [2.24, 2.45) is 0 Å². The number of hydrogen-bond acceptors (Lipinski definition) is 6. The molecule has 4 rings (SSSR count). The third kappa shape index (κ3) is 5.04. The highest BCUT2D eigenvalue weighted by Gasteiger charge is 2.19. The Balaban J connectivity index is 1.41. The van der Waals surface area contributed by atoms with Crippen LogP contribution >= 0.6 is 22.7 Å². The molecule has 1 atom stereocenters. The minimum Gasteiger partial charge on any atom is -0.421 e. The second kappa shape index (κ2) is 9.82. The molecule has 0 spiro atoms. The molecule has 7 heteroatoms. The highest BCUT2D eigenvalue weighted by atomic mass is 32.1. The van der Waals surface area contributed by atoms with Crippen molar-refractivity contribution in [3.05, 3.63) is 80.5 Å². The van der Waals surface area contributed by atoms with Gasteiger partial charge in [-0.05, 0) is 40.4 Å². The minimum atomic E-state index is -0.155. The second-order valence-electron chi connectivity index (χ2n) is 7.02. The van der Waals surface area contributed by atoms with Gasteiger partial charge in [0.05, 0.1) is 6.04 Å². The van der Waals surface area contributed by atoms with E-state index >= 15 is 0 Å². The SMILES string of the molecule is CCCc1ccc(C(NC(=O)CCc2nnc(-c3ccsc3)o2)c2cccs2)cc1. The molecule has 3 aromatic heterocycles. The number of aryl methyl sites for hydroxylation is 2. The Morgan fingerprint density at radius 2 is 1.97 bits per heavy atom. The summed E-state index contributed by atoms with van der Waals surface area (Å²) < 4.78 is 5.68. The summed E-state index contributed by atoms with van der Waals surface area (Å²) >= 11 is 3.22. The lowest BCUT2D eigenvalue weighted by molar-refractivity contribution is -0.121. The Kier molecular flexibility index (Phi) is 6.71. The first-order chi connectivity index (χ1) is 14.7. The van der Waals surface area contributed by atoms with Crippen molar-refractivity contribution in [1.29, 1.82) is 0 Å². The number of rotatable bonds is 9. The molecule has 0 radical (unpaired) electrons. The third-order valence-electron chi connectivity index (χ3n) is 4.79. The molecule has 0 aliphatic rings. The quantitative estimate of drug-likeness (QED) is 0.367. The van der Waals surface area contributed by atoms with Crippen LogP contribution in [0.4, 0.5) is 0 Å². The fourth-order valence-corrected chi connectivity index (χ4v) is 4.68. The number of hydrogen-bond donors (Lipinski definition) is 1. The van der Waals surface area contributed by atoms with Crippen LogP contribution in [0.2, 0.25) is 0 Å².